The maximum absolute atomic E-state index is 14.5. The van der Waals surface area contributed by atoms with Crippen LogP contribution in [-0.4, -0.2) is 25.2 Å². The Bertz CT molecular complexity index is 1200. The van der Waals surface area contributed by atoms with Gasteiger partial charge in [0.1, 0.15) is 10.7 Å². The average molecular weight is 448 g/mol. The molecule has 5 nitrogen and oxygen atoms in total. The minimum absolute atomic E-state index is 0.0307. The van der Waals surface area contributed by atoms with Crippen LogP contribution in [0.5, 0.6) is 0 Å². The highest BCUT2D eigenvalue weighted by Crippen LogP contribution is 2.23. The van der Waals surface area contributed by atoms with Crippen LogP contribution in [0.25, 0.3) is 0 Å². The van der Waals surface area contributed by atoms with E-state index in [1.165, 1.54) is 0 Å². The van der Waals surface area contributed by atoms with Crippen LogP contribution in [0.4, 0.5) is 18.9 Å². The van der Waals surface area contributed by atoms with Gasteiger partial charge in [0.25, 0.3) is 5.91 Å². The molecule has 0 saturated carbocycles. The number of halogens is 3. The molecule has 0 atom stereocenters. The van der Waals surface area contributed by atoms with Crippen molar-refractivity contribution in [3.8, 4) is 0 Å². The van der Waals surface area contributed by atoms with Gasteiger partial charge in [0.15, 0.2) is 11.6 Å². The fourth-order valence-corrected chi connectivity index (χ4v) is 4.44. The zero-order valence-corrected chi connectivity index (χ0v) is 17.3. The number of carbonyl (C=O) groups excluding carboxylic acids is 1. The van der Waals surface area contributed by atoms with Gasteiger partial charge in [0.05, 0.1) is 0 Å². The van der Waals surface area contributed by atoms with E-state index in [-0.39, 0.29) is 24.3 Å². The van der Waals surface area contributed by atoms with Gasteiger partial charge < -0.3 is 5.32 Å². The zero-order chi connectivity index (χ0) is 22.6. The van der Waals surface area contributed by atoms with Crippen molar-refractivity contribution in [1.82, 2.24) is 4.31 Å². The normalized spacial score (nSPS) is 11.5. The third kappa shape index (κ3) is 5.12. The van der Waals surface area contributed by atoms with Crippen LogP contribution < -0.4 is 5.32 Å². The van der Waals surface area contributed by atoms with Crippen molar-refractivity contribution in [2.45, 2.75) is 18.4 Å². The summed E-state index contributed by atoms with van der Waals surface area (Å²) in [6.07, 6.45) is 0. The summed E-state index contributed by atoms with van der Waals surface area (Å²) < 4.78 is 68.1. The van der Waals surface area contributed by atoms with Crippen LogP contribution in [0, 0.1) is 17.5 Å². The van der Waals surface area contributed by atoms with E-state index >= 15 is 0 Å². The van der Waals surface area contributed by atoms with Gasteiger partial charge in [-0.1, -0.05) is 37.3 Å². The SMILES string of the molecule is CCN(Cc1ccccc1)S(=O)(=O)c1cc(C(=O)Nc2ccc(F)c(F)c2)ccc1F. The van der Waals surface area contributed by atoms with Crippen molar-refractivity contribution in [2.75, 3.05) is 11.9 Å². The highest BCUT2D eigenvalue weighted by atomic mass is 32.2. The zero-order valence-electron chi connectivity index (χ0n) is 16.5. The summed E-state index contributed by atoms with van der Waals surface area (Å²) in [6.45, 7) is 1.74. The molecular formula is C22H19F3N2O3S. The van der Waals surface area contributed by atoms with Crippen molar-refractivity contribution in [2.24, 2.45) is 0 Å². The first-order valence-electron chi connectivity index (χ1n) is 9.32. The molecule has 0 heterocycles. The lowest BCUT2D eigenvalue weighted by molar-refractivity contribution is 0.102. The van der Waals surface area contributed by atoms with Crippen LogP contribution in [0.15, 0.2) is 71.6 Å². The molecule has 9 heteroatoms. The minimum atomic E-state index is -4.25. The summed E-state index contributed by atoms with van der Waals surface area (Å²) in [4.78, 5) is 11.8. The third-order valence-corrected chi connectivity index (χ3v) is 6.48. The molecule has 162 valence electrons. The molecule has 3 aromatic carbocycles. The van der Waals surface area contributed by atoms with E-state index in [9.17, 15) is 26.4 Å². The molecule has 3 aromatic rings. The van der Waals surface area contributed by atoms with Crippen LogP contribution in [0.3, 0.4) is 0 Å². The number of sulfonamides is 1. The number of hydrogen-bond donors (Lipinski definition) is 1. The molecule has 0 unspecified atom stereocenters. The predicted molar refractivity (Wildman–Crippen MR) is 110 cm³/mol. The molecule has 0 saturated heterocycles. The summed E-state index contributed by atoms with van der Waals surface area (Å²) >= 11 is 0. The lowest BCUT2D eigenvalue weighted by atomic mass is 10.2. The second kappa shape index (κ2) is 9.32. The lowest BCUT2D eigenvalue weighted by Gasteiger charge is -2.21. The Kier molecular flexibility index (Phi) is 6.77. The second-order valence-corrected chi connectivity index (χ2v) is 8.55. The number of nitrogens with one attached hydrogen (secondary N) is 1. The first-order valence-corrected chi connectivity index (χ1v) is 10.8. The van der Waals surface area contributed by atoms with Crippen LogP contribution >= 0.6 is 0 Å². The van der Waals surface area contributed by atoms with Crippen LogP contribution in [0.1, 0.15) is 22.8 Å². The number of hydrogen-bond acceptors (Lipinski definition) is 3. The second-order valence-electron chi connectivity index (χ2n) is 6.65. The summed E-state index contributed by atoms with van der Waals surface area (Å²) in [5.41, 5.74) is 0.540. The standard InChI is InChI=1S/C22H19F3N2O3S/c1-2-27(14-15-6-4-3-5-7-15)31(29,30)21-12-16(8-10-19(21)24)22(28)26-17-9-11-18(23)20(25)13-17/h3-13H,2,14H2,1H3,(H,26,28). The van der Waals surface area contributed by atoms with Crippen LogP contribution in [0.2, 0.25) is 0 Å². The topological polar surface area (TPSA) is 66.5 Å². The van der Waals surface area contributed by atoms with Gasteiger partial charge >= 0.3 is 0 Å². The third-order valence-electron chi connectivity index (χ3n) is 4.54. The van der Waals surface area contributed by atoms with Gasteiger partial charge in [-0.25, -0.2) is 21.6 Å². The molecule has 3 rings (SSSR count). The Morgan fingerprint density at radius 1 is 0.903 bits per heavy atom. The number of nitrogens with zero attached hydrogens (tertiary/aromatic N) is 1. The van der Waals surface area contributed by atoms with Gasteiger partial charge in [-0.3, -0.25) is 4.79 Å². The Morgan fingerprint density at radius 3 is 2.23 bits per heavy atom. The van der Waals surface area contributed by atoms with E-state index < -0.39 is 38.3 Å². The Balaban J connectivity index is 1.89. The van der Waals surface area contributed by atoms with Crippen molar-refractivity contribution < 1.29 is 26.4 Å². The van der Waals surface area contributed by atoms with E-state index in [2.05, 4.69) is 5.32 Å². The van der Waals surface area contributed by atoms with E-state index in [0.717, 1.165) is 46.3 Å². The number of amides is 1. The summed E-state index contributed by atoms with van der Waals surface area (Å²) in [5.74, 6) is -4.03. The fraction of sp³-hybridized carbons (Fsp3) is 0.136. The molecule has 0 radical (unpaired) electrons. The van der Waals surface area contributed by atoms with E-state index in [4.69, 9.17) is 0 Å². The first-order chi connectivity index (χ1) is 14.7. The Morgan fingerprint density at radius 2 is 1.58 bits per heavy atom. The smallest absolute Gasteiger partial charge is 0.255 e. The van der Waals surface area contributed by atoms with Crippen molar-refractivity contribution >= 4 is 21.6 Å². The molecule has 0 aromatic heterocycles. The lowest BCUT2D eigenvalue weighted by Crippen LogP contribution is -2.31. The number of rotatable bonds is 7. The number of benzene rings is 3. The van der Waals surface area contributed by atoms with E-state index in [0.29, 0.717) is 0 Å². The van der Waals surface area contributed by atoms with Gasteiger partial charge in [-0.2, -0.15) is 4.31 Å². The molecule has 1 amide bonds. The van der Waals surface area contributed by atoms with Gasteiger partial charge in [0.2, 0.25) is 10.0 Å². The average Bonchev–Trinajstić information content (AvgIpc) is 2.75. The highest BCUT2D eigenvalue weighted by molar-refractivity contribution is 7.89. The largest absolute Gasteiger partial charge is 0.322 e. The molecule has 0 bridgehead atoms. The van der Waals surface area contributed by atoms with Gasteiger partial charge in [-0.05, 0) is 35.9 Å². The predicted octanol–water partition coefficient (Wildman–Crippen LogP) is 4.57. The summed E-state index contributed by atoms with van der Waals surface area (Å²) in [6, 6.07) is 14.5. The number of carbonyl (C=O) groups is 1. The highest BCUT2D eigenvalue weighted by Gasteiger charge is 2.27. The molecule has 0 aliphatic carbocycles. The maximum Gasteiger partial charge on any atom is 0.255 e. The van der Waals surface area contributed by atoms with Gasteiger partial charge in [0, 0.05) is 30.4 Å². The monoisotopic (exact) mass is 448 g/mol. The van der Waals surface area contributed by atoms with Crippen molar-refractivity contribution in [1.29, 1.82) is 0 Å². The minimum Gasteiger partial charge on any atom is -0.322 e. The first kappa shape index (κ1) is 22.5. The summed E-state index contributed by atoms with van der Waals surface area (Å²) in [7, 11) is -4.25. The van der Waals surface area contributed by atoms with Crippen LogP contribution in [-0.2, 0) is 16.6 Å². The Labute approximate surface area is 178 Å². The van der Waals surface area contributed by atoms with Crippen molar-refractivity contribution in [3.05, 3.63) is 95.3 Å². The molecule has 31 heavy (non-hydrogen) atoms. The molecular weight excluding hydrogens is 429 g/mol. The molecule has 0 aliphatic heterocycles. The van der Waals surface area contributed by atoms with E-state index in [1.54, 1.807) is 37.3 Å². The number of anilines is 1. The quantitative estimate of drug-likeness (QED) is 0.576. The Hall–Kier alpha value is -3.17. The van der Waals surface area contributed by atoms with Crippen molar-refractivity contribution in [3.63, 3.8) is 0 Å². The molecule has 0 aliphatic rings. The fourth-order valence-electron chi connectivity index (χ4n) is 2.91. The van der Waals surface area contributed by atoms with E-state index in [1.807, 2.05) is 0 Å². The molecule has 1 N–H and O–H groups in total. The van der Waals surface area contributed by atoms with Gasteiger partial charge in [-0.15, -0.1) is 0 Å². The maximum atomic E-state index is 14.5. The molecule has 0 fully saturated rings. The summed E-state index contributed by atoms with van der Waals surface area (Å²) in [5, 5.41) is 2.33. The molecule has 0 spiro atoms.